The number of hydrogen-bond acceptors (Lipinski definition) is 6. The van der Waals surface area contributed by atoms with Gasteiger partial charge in [0.15, 0.2) is 23.9 Å². The SMILES string of the molecule is Cc1ccc(SCCC(=O)OCC(=O)c2ccc3c(c2)OCO3)cc1. The molecular weight excluding hydrogens is 340 g/mol. The predicted octanol–water partition coefficient (Wildman–Crippen LogP) is 3.63. The van der Waals surface area contributed by atoms with Gasteiger partial charge in [-0.3, -0.25) is 9.59 Å². The van der Waals surface area contributed by atoms with E-state index in [1.165, 1.54) is 5.56 Å². The second-order valence-electron chi connectivity index (χ2n) is 5.56. The molecule has 0 atom stereocenters. The molecule has 2 aromatic carbocycles. The van der Waals surface area contributed by atoms with Crippen LogP contribution in [0.4, 0.5) is 0 Å². The van der Waals surface area contributed by atoms with Crippen molar-refractivity contribution in [3.63, 3.8) is 0 Å². The van der Waals surface area contributed by atoms with Crippen LogP contribution in [-0.2, 0) is 9.53 Å². The molecule has 0 fully saturated rings. The summed E-state index contributed by atoms with van der Waals surface area (Å²) in [6, 6.07) is 13.0. The lowest BCUT2D eigenvalue weighted by molar-refractivity contribution is -0.141. The molecule has 130 valence electrons. The van der Waals surface area contributed by atoms with Crippen LogP contribution in [0.2, 0.25) is 0 Å². The standard InChI is InChI=1S/C19H18O5S/c1-13-2-5-15(6-3-13)25-9-8-19(21)22-11-16(20)14-4-7-17-18(10-14)24-12-23-17/h2-7,10H,8-9,11-12H2,1H3. The van der Waals surface area contributed by atoms with Crippen LogP contribution in [0.1, 0.15) is 22.3 Å². The van der Waals surface area contributed by atoms with Crippen LogP contribution < -0.4 is 9.47 Å². The van der Waals surface area contributed by atoms with Gasteiger partial charge in [0.1, 0.15) is 0 Å². The van der Waals surface area contributed by atoms with Gasteiger partial charge >= 0.3 is 5.97 Å². The van der Waals surface area contributed by atoms with E-state index in [9.17, 15) is 9.59 Å². The summed E-state index contributed by atoms with van der Waals surface area (Å²) in [7, 11) is 0. The lowest BCUT2D eigenvalue weighted by Crippen LogP contribution is -2.14. The lowest BCUT2D eigenvalue weighted by Gasteiger charge is -2.05. The predicted molar refractivity (Wildman–Crippen MR) is 94.4 cm³/mol. The highest BCUT2D eigenvalue weighted by Crippen LogP contribution is 2.32. The van der Waals surface area contributed by atoms with Crippen molar-refractivity contribution in [1.82, 2.24) is 0 Å². The molecule has 3 rings (SSSR count). The van der Waals surface area contributed by atoms with Crippen LogP contribution in [0.15, 0.2) is 47.4 Å². The van der Waals surface area contributed by atoms with E-state index in [1.54, 1.807) is 30.0 Å². The first-order valence-corrected chi connectivity index (χ1v) is 8.88. The van der Waals surface area contributed by atoms with E-state index < -0.39 is 0 Å². The smallest absolute Gasteiger partial charge is 0.307 e. The second kappa shape index (κ2) is 8.07. The topological polar surface area (TPSA) is 61.8 Å². The van der Waals surface area contributed by atoms with Crippen LogP contribution in [0.5, 0.6) is 11.5 Å². The molecule has 6 heteroatoms. The van der Waals surface area contributed by atoms with Crippen LogP contribution >= 0.6 is 11.8 Å². The summed E-state index contributed by atoms with van der Waals surface area (Å²) in [5.41, 5.74) is 1.64. The van der Waals surface area contributed by atoms with Gasteiger partial charge in [0.05, 0.1) is 6.42 Å². The zero-order valence-corrected chi connectivity index (χ0v) is 14.6. The van der Waals surface area contributed by atoms with Gasteiger partial charge < -0.3 is 14.2 Å². The highest BCUT2D eigenvalue weighted by Gasteiger charge is 2.17. The third-order valence-electron chi connectivity index (χ3n) is 3.65. The number of ketones is 1. The first-order chi connectivity index (χ1) is 12.1. The molecule has 1 heterocycles. The Morgan fingerprint density at radius 2 is 1.84 bits per heavy atom. The number of esters is 1. The largest absolute Gasteiger partial charge is 0.457 e. The lowest BCUT2D eigenvalue weighted by atomic mass is 10.1. The minimum atomic E-state index is -0.381. The highest BCUT2D eigenvalue weighted by atomic mass is 32.2. The van der Waals surface area contributed by atoms with Gasteiger partial charge in [-0.1, -0.05) is 17.7 Å². The van der Waals surface area contributed by atoms with E-state index in [2.05, 4.69) is 0 Å². The molecule has 25 heavy (non-hydrogen) atoms. The van der Waals surface area contributed by atoms with E-state index in [0.29, 0.717) is 22.8 Å². The number of ether oxygens (including phenoxy) is 3. The summed E-state index contributed by atoms with van der Waals surface area (Å²) in [5, 5.41) is 0. The Bertz CT molecular complexity index is 770. The minimum absolute atomic E-state index is 0.153. The number of rotatable bonds is 7. The fourth-order valence-electron chi connectivity index (χ4n) is 2.26. The van der Waals surface area contributed by atoms with E-state index in [4.69, 9.17) is 14.2 Å². The van der Waals surface area contributed by atoms with Gasteiger partial charge in [-0.25, -0.2) is 0 Å². The number of carbonyl (C=O) groups is 2. The molecule has 0 unspecified atom stereocenters. The summed E-state index contributed by atoms with van der Waals surface area (Å²) >= 11 is 1.59. The monoisotopic (exact) mass is 358 g/mol. The minimum Gasteiger partial charge on any atom is -0.457 e. The zero-order valence-electron chi connectivity index (χ0n) is 13.8. The van der Waals surface area contributed by atoms with Crippen LogP contribution in [0.3, 0.4) is 0 Å². The molecule has 0 radical (unpaired) electrons. The van der Waals surface area contributed by atoms with Crippen molar-refractivity contribution in [2.45, 2.75) is 18.2 Å². The van der Waals surface area contributed by atoms with Gasteiger partial charge in [-0.2, -0.15) is 0 Å². The van der Waals surface area contributed by atoms with Gasteiger partial charge in [0, 0.05) is 16.2 Å². The maximum absolute atomic E-state index is 12.1. The van der Waals surface area contributed by atoms with Gasteiger partial charge in [-0.15, -0.1) is 11.8 Å². The molecule has 0 spiro atoms. The van der Waals surface area contributed by atoms with Crippen molar-refractivity contribution in [1.29, 1.82) is 0 Å². The van der Waals surface area contributed by atoms with Crippen molar-refractivity contribution in [2.24, 2.45) is 0 Å². The van der Waals surface area contributed by atoms with Crippen molar-refractivity contribution in [3.05, 3.63) is 53.6 Å². The maximum Gasteiger partial charge on any atom is 0.307 e. The summed E-state index contributed by atoms with van der Waals surface area (Å²) < 4.78 is 15.5. The third kappa shape index (κ3) is 4.76. The molecule has 2 aromatic rings. The molecule has 5 nitrogen and oxygen atoms in total. The second-order valence-corrected chi connectivity index (χ2v) is 6.73. The summed E-state index contributed by atoms with van der Waals surface area (Å²) in [6.07, 6.45) is 0.257. The first-order valence-electron chi connectivity index (χ1n) is 7.90. The fraction of sp³-hybridized carbons (Fsp3) is 0.263. The molecule has 1 aliphatic rings. The normalized spacial score (nSPS) is 12.0. The Morgan fingerprint density at radius 3 is 2.64 bits per heavy atom. The molecular formula is C19H18O5S. The van der Waals surface area contributed by atoms with E-state index in [0.717, 1.165) is 4.90 Å². The van der Waals surface area contributed by atoms with Crippen LogP contribution in [-0.4, -0.2) is 30.9 Å². The average molecular weight is 358 g/mol. The Hall–Kier alpha value is -2.47. The van der Waals surface area contributed by atoms with Crippen LogP contribution in [0.25, 0.3) is 0 Å². The summed E-state index contributed by atoms with van der Waals surface area (Å²) in [4.78, 5) is 25.0. The van der Waals surface area contributed by atoms with Crippen molar-refractivity contribution in [2.75, 3.05) is 19.2 Å². The molecule has 0 aliphatic carbocycles. The Labute approximate surface area is 150 Å². The summed E-state index contributed by atoms with van der Waals surface area (Å²) in [5.74, 6) is 1.11. The van der Waals surface area contributed by atoms with Gasteiger partial charge in [0.25, 0.3) is 0 Å². The number of carbonyl (C=O) groups excluding carboxylic acids is 2. The Kier molecular flexibility index (Phi) is 5.60. The maximum atomic E-state index is 12.1. The molecule has 0 aromatic heterocycles. The number of thioether (sulfide) groups is 1. The molecule has 0 saturated carbocycles. The van der Waals surface area contributed by atoms with Crippen molar-refractivity contribution >= 4 is 23.5 Å². The number of hydrogen-bond donors (Lipinski definition) is 0. The molecule has 0 N–H and O–H groups in total. The zero-order chi connectivity index (χ0) is 17.6. The van der Waals surface area contributed by atoms with Crippen LogP contribution in [0, 0.1) is 6.92 Å². The number of benzene rings is 2. The Balaban J connectivity index is 1.41. The fourth-order valence-corrected chi connectivity index (χ4v) is 3.09. The molecule has 1 aliphatic heterocycles. The number of aryl methyl sites for hydroxylation is 1. The van der Waals surface area contributed by atoms with Crippen molar-refractivity contribution in [3.8, 4) is 11.5 Å². The van der Waals surface area contributed by atoms with Crippen molar-refractivity contribution < 1.29 is 23.8 Å². The molecule has 0 saturated heterocycles. The number of Topliss-reactive ketones (excluding diaryl/α,β-unsaturated/α-hetero) is 1. The highest BCUT2D eigenvalue weighted by molar-refractivity contribution is 7.99. The van der Waals surface area contributed by atoms with E-state index >= 15 is 0 Å². The molecule has 0 bridgehead atoms. The average Bonchev–Trinajstić information content (AvgIpc) is 3.09. The van der Waals surface area contributed by atoms with Gasteiger partial charge in [-0.05, 0) is 37.3 Å². The van der Waals surface area contributed by atoms with E-state index in [1.807, 2.05) is 31.2 Å². The van der Waals surface area contributed by atoms with E-state index in [-0.39, 0.29) is 31.6 Å². The van der Waals surface area contributed by atoms with Gasteiger partial charge in [0.2, 0.25) is 6.79 Å². The summed E-state index contributed by atoms with van der Waals surface area (Å²) in [6.45, 7) is 1.91. The quantitative estimate of drug-likeness (QED) is 0.428. The molecule has 0 amide bonds. The Morgan fingerprint density at radius 1 is 1.08 bits per heavy atom. The third-order valence-corrected chi connectivity index (χ3v) is 4.67. The number of fused-ring (bicyclic) bond motifs is 1. The first kappa shape index (κ1) is 17.4.